The molecule has 0 bridgehead atoms. The van der Waals surface area contributed by atoms with Gasteiger partial charge in [0.15, 0.2) is 0 Å². The molecule has 3 heterocycles. The molecular formula is C32H38N2O5S. The number of benzene rings is 1. The van der Waals surface area contributed by atoms with Gasteiger partial charge in [-0.1, -0.05) is 56.5 Å². The smallest absolute Gasteiger partial charge is 0.414 e. The van der Waals surface area contributed by atoms with Crippen LogP contribution in [0.5, 0.6) is 0 Å². The summed E-state index contributed by atoms with van der Waals surface area (Å²) in [5.41, 5.74) is 3.38. The predicted molar refractivity (Wildman–Crippen MR) is 159 cm³/mol. The van der Waals surface area contributed by atoms with Gasteiger partial charge in [0, 0.05) is 29.9 Å². The lowest BCUT2D eigenvalue weighted by Crippen LogP contribution is -2.44. The topological polar surface area (TPSA) is 108 Å². The van der Waals surface area contributed by atoms with Gasteiger partial charge in [-0.05, 0) is 78.8 Å². The highest BCUT2D eigenvalue weighted by Crippen LogP contribution is 2.39. The van der Waals surface area contributed by atoms with Crippen molar-refractivity contribution in [3.63, 3.8) is 0 Å². The van der Waals surface area contributed by atoms with E-state index in [4.69, 9.17) is 24.8 Å². The first kappa shape index (κ1) is 29.6. The second-order valence-electron chi connectivity index (χ2n) is 10.6. The summed E-state index contributed by atoms with van der Waals surface area (Å²) in [6, 6.07) is 15.0. The minimum atomic E-state index is -1.82. The Bertz CT molecular complexity index is 1330. The average molecular weight is 563 g/mol. The lowest BCUT2D eigenvalue weighted by atomic mass is 9.67. The van der Waals surface area contributed by atoms with Crippen molar-refractivity contribution in [1.82, 2.24) is 9.88 Å². The SMILES string of the molecule is CCC(CCN1CC=C(c2cccc3ccsc23)CC1)(C(=O)C1CCCCC1)c1ccccn1.O=C(O)C(=O)O. The van der Waals surface area contributed by atoms with E-state index in [2.05, 4.69) is 53.6 Å². The van der Waals surface area contributed by atoms with Crippen LogP contribution >= 0.6 is 11.3 Å². The molecule has 2 aliphatic rings. The van der Waals surface area contributed by atoms with Crippen molar-refractivity contribution in [2.75, 3.05) is 19.6 Å². The van der Waals surface area contributed by atoms with Crippen molar-refractivity contribution in [3.8, 4) is 0 Å². The zero-order valence-corrected chi connectivity index (χ0v) is 23.9. The largest absolute Gasteiger partial charge is 0.473 e. The quantitative estimate of drug-likeness (QED) is 0.305. The number of carboxylic acid groups (broad SMARTS) is 2. The number of carbonyl (C=O) groups excluding carboxylic acids is 1. The van der Waals surface area contributed by atoms with Crippen molar-refractivity contribution < 1.29 is 24.6 Å². The van der Waals surface area contributed by atoms with Gasteiger partial charge in [-0.15, -0.1) is 11.3 Å². The lowest BCUT2D eigenvalue weighted by molar-refractivity contribution is -0.159. The van der Waals surface area contributed by atoms with Crippen LogP contribution in [0, 0.1) is 5.92 Å². The summed E-state index contributed by atoms with van der Waals surface area (Å²) in [7, 11) is 0. The fraction of sp³-hybridized carbons (Fsp3) is 0.438. The first-order valence-electron chi connectivity index (χ1n) is 14.2. The van der Waals surface area contributed by atoms with Gasteiger partial charge in [0.2, 0.25) is 0 Å². The van der Waals surface area contributed by atoms with Crippen LogP contribution in [0.4, 0.5) is 0 Å². The molecule has 1 aromatic carbocycles. The third-order valence-corrected chi connectivity index (χ3v) is 9.33. The van der Waals surface area contributed by atoms with Crippen LogP contribution in [0.3, 0.4) is 0 Å². The first-order chi connectivity index (χ1) is 19.4. The van der Waals surface area contributed by atoms with Gasteiger partial charge in [0.25, 0.3) is 0 Å². The van der Waals surface area contributed by atoms with Crippen LogP contribution in [0.2, 0.25) is 0 Å². The number of carboxylic acids is 2. The molecule has 1 atom stereocenters. The number of thiophene rings is 1. The second-order valence-corrected chi connectivity index (χ2v) is 11.6. The van der Waals surface area contributed by atoms with Gasteiger partial charge in [-0.3, -0.25) is 14.7 Å². The number of hydrogen-bond acceptors (Lipinski definition) is 6. The number of hydrogen-bond donors (Lipinski definition) is 2. The molecule has 1 unspecified atom stereocenters. The molecule has 0 spiro atoms. The van der Waals surface area contributed by atoms with Crippen molar-refractivity contribution in [2.24, 2.45) is 5.92 Å². The van der Waals surface area contributed by atoms with Gasteiger partial charge in [-0.2, -0.15) is 0 Å². The monoisotopic (exact) mass is 562 g/mol. The number of pyridine rings is 1. The van der Waals surface area contributed by atoms with Crippen LogP contribution in [-0.2, 0) is 19.8 Å². The zero-order valence-electron chi connectivity index (χ0n) is 23.1. The van der Waals surface area contributed by atoms with Gasteiger partial charge < -0.3 is 10.2 Å². The molecule has 1 aliphatic carbocycles. The molecule has 5 rings (SSSR count). The third-order valence-electron chi connectivity index (χ3n) is 8.36. The van der Waals surface area contributed by atoms with E-state index < -0.39 is 17.4 Å². The Balaban J connectivity index is 0.000000557. The molecule has 7 nitrogen and oxygen atoms in total. The molecule has 212 valence electrons. The molecule has 1 fully saturated rings. The molecule has 0 radical (unpaired) electrons. The van der Waals surface area contributed by atoms with Crippen molar-refractivity contribution in [3.05, 3.63) is 71.4 Å². The Kier molecular flexibility index (Phi) is 10.2. The molecule has 8 heteroatoms. The maximum Gasteiger partial charge on any atom is 0.414 e. The number of rotatable bonds is 8. The van der Waals surface area contributed by atoms with E-state index >= 15 is 0 Å². The highest BCUT2D eigenvalue weighted by atomic mass is 32.1. The highest BCUT2D eigenvalue weighted by molar-refractivity contribution is 7.17. The molecule has 0 amide bonds. The molecule has 1 saturated carbocycles. The van der Waals surface area contributed by atoms with E-state index in [0.717, 1.165) is 57.4 Å². The fourth-order valence-electron chi connectivity index (χ4n) is 6.06. The Morgan fingerprint density at radius 3 is 2.42 bits per heavy atom. The molecule has 40 heavy (non-hydrogen) atoms. The average Bonchev–Trinajstić information content (AvgIpc) is 3.48. The molecule has 2 N–H and O–H groups in total. The van der Waals surface area contributed by atoms with Crippen LogP contribution in [0.1, 0.15) is 69.5 Å². The van der Waals surface area contributed by atoms with Gasteiger partial charge in [-0.25, -0.2) is 9.59 Å². The minimum Gasteiger partial charge on any atom is -0.473 e. The van der Waals surface area contributed by atoms with E-state index in [-0.39, 0.29) is 5.92 Å². The summed E-state index contributed by atoms with van der Waals surface area (Å²) in [4.78, 5) is 39.4. The van der Waals surface area contributed by atoms with Crippen molar-refractivity contribution in [1.29, 1.82) is 0 Å². The van der Waals surface area contributed by atoms with E-state index in [1.807, 2.05) is 29.7 Å². The van der Waals surface area contributed by atoms with E-state index in [0.29, 0.717) is 5.78 Å². The first-order valence-corrected chi connectivity index (χ1v) is 15.0. The number of ketones is 1. The Morgan fingerprint density at radius 1 is 1.02 bits per heavy atom. The maximum absolute atomic E-state index is 14.0. The Hall–Kier alpha value is -3.36. The van der Waals surface area contributed by atoms with Gasteiger partial charge in [0.1, 0.15) is 5.78 Å². The van der Waals surface area contributed by atoms with Crippen LogP contribution in [0.25, 0.3) is 15.7 Å². The predicted octanol–water partition coefficient (Wildman–Crippen LogP) is 6.43. The number of aromatic nitrogens is 1. The summed E-state index contributed by atoms with van der Waals surface area (Å²) in [6.07, 6.45) is 12.8. The Morgan fingerprint density at radius 2 is 1.80 bits per heavy atom. The van der Waals surface area contributed by atoms with Gasteiger partial charge in [0.05, 0.1) is 11.1 Å². The van der Waals surface area contributed by atoms with E-state index in [1.54, 1.807) is 0 Å². The molecule has 0 saturated heterocycles. The fourth-order valence-corrected chi connectivity index (χ4v) is 7.01. The summed E-state index contributed by atoms with van der Waals surface area (Å²) in [5, 5.41) is 18.3. The summed E-state index contributed by atoms with van der Waals surface area (Å²) < 4.78 is 1.40. The van der Waals surface area contributed by atoms with Crippen LogP contribution in [0.15, 0.2) is 60.1 Å². The maximum atomic E-state index is 14.0. The molecule has 1 aliphatic heterocycles. The van der Waals surface area contributed by atoms with Crippen LogP contribution < -0.4 is 0 Å². The van der Waals surface area contributed by atoms with E-state index in [9.17, 15) is 4.79 Å². The normalized spacial score (nSPS) is 17.8. The van der Waals surface area contributed by atoms with Crippen molar-refractivity contribution in [2.45, 2.75) is 63.7 Å². The standard InChI is InChI=1S/C30H36N2OS.C2H2O4/c1-2-30(27-13-6-7-18-31-27,29(33)25-9-4-3-5-10-25)17-21-32-19-14-23(15-20-32)26-12-8-11-24-16-22-34-28(24)26;3-1(4)2(5)6/h6-8,11-14,16,18,22,25H,2-5,9-10,15,17,19-21H2,1H3;(H,3,4)(H,5,6). The highest BCUT2D eigenvalue weighted by Gasteiger charge is 2.43. The van der Waals surface area contributed by atoms with Crippen LogP contribution in [-0.4, -0.2) is 57.5 Å². The lowest BCUT2D eigenvalue weighted by Gasteiger charge is -2.37. The molecule has 2 aromatic heterocycles. The number of fused-ring (bicyclic) bond motifs is 1. The van der Waals surface area contributed by atoms with Crippen molar-refractivity contribution >= 4 is 44.7 Å². The number of aliphatic carboxylic acids is 2. The summed E-state index contributed by atoms with van der Waals surface area (Å²) >= 11 is 1.84. The number of nitrogens with zero attached hydrogens (tertiary/aromatic N) is 2. The van der Waals surface area contributed by atoms with E-state index in [1.165, 1.54) is 40.5 Å². The summed E-state index contributed by atoms with van der Waals surface area (Å²) in [5.74, 6) is -2.99. The zero-order chi connectivity index (χ0) is 28.5. The third kappa shape index (κ3) is 6.85. The molecular weight excluding hydrogens is 524 g/mol. The minimum absolute atomic E-state index is 0.204. The van der Waals surface area contributed by atoms with Gasteiger partial charge >= 0.3 is 11.9 Å². The number of Topliss-reactive ketones (excluding diaryl/α,β-unsaturated/α-hetero) is 1. The summed E-state index contributed by atoms with van der Waals surface area (Å²) in [6.45, 7) is 5.13. The Labute approximate surface area is 239 Å². The molecule has 3 aromatic rings. The number of carbonyl (C=O) groups is 3. The second kappa shape index (κ2) is 13.8.